The molecule has 0 aliphatic carbocycles. The zero-order valence-electron chi connectivity index (χ0n) is 44.2. The van der Waals surface area contributed by atoms with Gasteiger partial charge >= 0.3 is 17.3 Å². The number of hydrogen-bond acceptors (Lipinski definition) is 17. The molecule has 21 nitrogen and oxygen atoms in total. The van der Waals surface area contributed by atoms with Gasteiger partial charge in [-0.2, -0.15) is 20.4 Å². The average Bonchev–Trinajstić information content (AvgIpc) is 4.42. The molecule has 0 aliphatic heterocycles. The van der Waals surface area contributed by atoms with Gasteiger partial charge in [0, 0.05) is 42.0 Å². The van der Waals surface area contributed by atoms with Crippen LogP contribution in [0.15, 0.2) is 80.4 Å². The van der Waals surface area contributed by atoms with Crippen molar-refractivity contribution in [2.75, 3.05) is 14.2 Å². The minimum absolute atomic E-state index is 0. The first-order chi connectivity index (χ1) is 36.4. The first-order valence-electron chi connectivity index (χ1n) is 24.4. The average molecular weight is 1130 g/mol. The van der Waals surface area contributed by atoms with Crippen molar-refractivity contribution in [3.8, 4) is 21.5 Å². The summed E-state index contributed by atoms with van der Waals surface area (Å²) in [6.07, 6.45) is 4.85. The van der Waals surface area contributed by atoms with E-state index in [1.807, 2.05) is 13.8 Å². The molecule has 0 aliphatic rings. The summed E-state index contributed by atoms with van der Waals surface area (Å²) in [7, 11) is 2.78. The quantitative estimate of drug-likeness (QED) is 0.0753. The van der Waals surface area contributed by atoms with Gasteiger partial charge in [-0.1, -0.05) is 51.4 Å². The van der Waals surface area contributed by atoms with Crippen molar-refractivity contribution in [3.63, 3.8) is 0 Å². The molecule has 0 radical (unpaired) electrons. The van der Waals surface area contributed by atoms with E-state index < -0.39 is 63.4 Å². The van der Waals surface area contributed by atoms with Crippen LogP contribution in [0.25, 0.3) is 30.4 Å². The number of hydrogen-bond donors (Lipinski definition) is 1. The Kier molecular flexibility index (Phi) is 19.6. The second kappa shape index (κ2) is 24.9. The summed E-state index contributed by atoms with van der Waals surface area (Å²) in [5, 5.41) is 29.2. The Morgan fingerprint density at radius 3 is 1.41 bits per heavy atom. The number of benzene rings is 2. The summed E-state index contributed by atoms with van der Waals surface area (Å²) >= 11 is 2.21. The highest BCUT2D eigenvalue weighted by Crippen LogP contribution is 2.36. The maximum Gasteiger partial charge on any atom is 0.333 e. The number of ketones is 2. The number of nitrogens with zero attached hydrogens (tertiary/aromatic N) is 10. The summed E-state index contributed by atoms with van der Waals surface area (Å²) in [4.78, 5) is 97.3. The normalized spacial score (nSPS) is 12.3. The third kappa shape index (κ3) is 11.8. The molecule has 8 rings (SSSR count). The number of aromatic nitrogens is 10. The van der Waals surface area contributed by atoms with Crippen molar-refractivity contribution >= 4 is 60.6 Å². The van der Waals surface area contributed by atoms with E-state index in [0.717, 1.165) is 43.9 Å². The Morgan fingerprint density at radius 1 is 0.646 bits per heavy atom. The minimum atomic E-state index is -1.48. The lowest BCUT2D eigenvalue weighted by atomic mass is 9.95. The van der Waals surface area contributed by atoms with Gasteiger partial charge in [0.1, 0.15) is 66.1 Å². The van der Waals surface area contributed by atoms with Crippen LogP contribution < -0.4 is 32.0 Å². The third-order valence-corrected chi connectivity index (χ3v) is 15.7. The summed E-state index contributed by atoms with van der Waals surface area (Å²) in [5.74, 6) is -1.92. The van der Waals surface area contributed by atoms with Crippen molar-refractivity contribution in [3.05, 3.63) is 137 Å². The number of aryl methyl sites for hydroxylation is 2. The van der Waals surface area contributed by atoms with Gasteiger partial charge in [0.05, 0.1) is 62.9 Å². The van der Waals surface area contributed by atoms with Crippen molar-refractivity contribution in [1.82, 2.24) is 48.3 Å². The molecule has 0 bridgehead atoms. The van der Waals surface area contributed by atoms with Crippen LogP contribution in [0.3, 0.4) is 0 Å². The number of carbonyl (C=O) groups is 3. The van der Waals surface area contributed by atoms with Gasteiger partial charge in [-0.25, -0.2) is 27.5 Å². The Morgan fingerprint density at radius 2 is 1.03 bits per heavy atom. The predicted octanol–water partition coefficient (Wildman–Crippen LogP) is 8.04. The summed E-state index contributed by atoms with van der Waals surface area (Å²) in [5.41, 5.74) is -4.34. The molecule has 0 saturated heterocycles. The monoisotopic (exact) mass is 1130 g/mol. The SMILES string of the molecule is C.C.CCCC(=O)C(C)(C)n1c(=O)c2c(C)c(-n3nccn3)sc2n(C[C@@H](OC(C)=O)c2cc(F)ccc2OC)c1=O.CCCC(=O)C(C)(C)n1c(=O)c2c(C)c(-n3nccn3)sc2n(C[C@H](O)c2cc(F)ccc2OC)c1=O. The van der Waals surface area contributed by atoms with E-state index in [1.165, 1.54) is 117 Å². The molecule has 25 heteroatoms. The maximum atomic E-state index is 14.3. The molecule has 0 fully saturated rings. The predicted molar refractivity (Wildman–Crippen MR) is 297 cm³/mol. The number of methoxy groups -OCH3 is 2. The fraction of sp³-hybridized carbons (Fsp3) is 0.426. The number of thiophene rings is 2. The zero-order valence-corrected chi connectivity index (χ0v) is 45.9. The fourth-order valence-electron chi connectivity index (χ4n) is 9.07. The molecule has 2 aromatic carbocycles. The summed E-state index contributed by atoms with van der Waals surface area (Å²) < 4.78 is 49.0. The number of fused-ring (bicyclic) bond motifs is 2. The van der Waals surface area contributed by atoms with Gasteiger partial charge in [-0.05, 0) is 90.8 Å². The largest absolute Gasteiger partial charge is 0.496 e. The van der Waals surface area contributed by atoms with Gasteiger partial charge in [0.15, 0.2) is 11.6 Å². The fourth-order valence-corrected chi connectivity index (χ4v) is 11.5. The van der Waals surface area contributed by atoms with Crippen LogP contribution in [0, 0.1) is 25.5 Å². The molecule has 6 aromatic heterocycles. The van der Waals surface area contributed by atoms with Gasteiger partial charge < -0.3 is 19.3 Å². The Bertz CT molecular complexity index is 3780. The lowest BCUT2D eigenvalue weighted by molar-refractivity contribution is -0.147. The van der Waals surface area contributed by atoms with Crippen molar-refractivity contribution in [1.29, 1.82) is 0 Å². The molecule has 8 aromatic rings. The highest BCUT2D eigenvalue weighted by atomic mass is 32.1. The number of esters is 1. The highest BCUT2D eigenvalue weighted by molar-refractivity contribution is 7.21. The minimum Gasteiger partial charge on any atom is -0.496 e. The number of halogens is 2. The van der Waals surface area contributed by atoms with E-state index in [-0.39, 0.29) is 95.4 Å². The molecule has 79 heavy (non-hydrogen) atoms. The molecule has 424 valence electrons. The van der Waals surface area contributed by atoms with Crippen molar-refractivity contribution in [2.24, 2.45) is 0 Å². The van der Waals surface area contributed by atoms with Crippen molar-refractivity contribution < 1.29 is 42.5 Å². The van der Waals surface area contributed by atoms with Crippen LogP contribution in [-0.2, 0) is 43.3 Å². The Balaban J connectivity index is 0.000000284. The number of aliphatic hydroxyl groups excluding tert-OH is 1. The van der Waals surface area contributed by atoms with E-state index in [0.29, 0.717) is 34.0 Å². The second-order valence-electron chi connectivity index (χ2n) is 19.0. The molecule has 6 heterocycles. The first-order valence-corrected chi connectivity index (χ1v) is 26.0. The van der Waals surface area contributed by atoms with Crippen LogP contribution in [0.1, 0.15) is 123 Å². The van der Waals surface area contributed by atoms with Crippen LogP contribution in [0.2, 0.25) is 0 Å². The maximum absolute atomic E-state index is 14.3. The summed E-state index contributed by atoms with van der Waals surface area (Å²) in [6.45, 7) is 13.8. The number of ether oxygens (including phenoxy) is 3. The highest BCUT2D eigenvalue weighted by Gasteiger charge is 2.37. The molecule has 0 amide bonds. The first kappa shape index (κ1) is 62.1. The van der Waals surface area contributed by atoms with E-state index >= 15 is 0 Å². The molecule has 1 N–H and O–H groups in total. The van der Waals surface area contributed by atoms with Gasteiger partial charge in [0.25, 0.3) is 11.1 Å². The van der Waals surface area contributed by atoms with Gasteiger partial charge in [-0.15, -0.1) is 9.59 Å². The number of carbonyl (C=O) groups excluding carboxylic acids is 3. The van der Waals surface area contributed by atoms with Crippen LogP contribution in [-0.4, -0.2) is 85.1 Å². The number of rotatable bonds is 19. The van der Waals surface area contributed by atoms with Crippen molar-refractivity contribution in [2.45, 2.75) is 139 Å². The lowest BCUT2D eigenvalue weighted by Crippen LogP contribution is -2.52. The number of Topliss-reactive ketones (excluding diaryl/α,β-unsaturated/α-hetero) is 2. The zero-order chi connectivity index (χ0) is 56.4. The van der Waals surface area contributed by atoms with Crippen LogP contribution in [0.5, 0.6) is 11.5 Å². The van der Waals surface area contributed by atoms with Gasteiger partial charge in [-0.3, -0.25) is 33.1 Å². The molecule has 0 saturated carbocycles. The van der Waals surface area contributed by atoms with Crippen LogP contribution >= 0.6 is 22.7 Å². The van der Waals surface area contributed by atoms with E-state index in [4.69, 9.17) is 14.2 Å². The Labute approximate surface area is 461 Å². The molecule has 0 spiro atoms. The standard InChI is InChI=1S/C27H30FN5O6S.C25H28FN5O5S.2CH4/c1-7-8-21(35)27(4,5)32-23(36)22-15(2)24(33-29-11-12-30-33)40-25(22)31(26(32)37)14-20(39-16(3)34)18-13-17(28)9-10-19(18)38-6;1-6-7-19(33)25(3,4)30-21(34)20-14(2)22(31-27-10-11-28-31)37-23(20)29(24(30)35)13-17(32)16-12-15(26)8-9-18(16)36-5;;/h9-13,20H,7-8,14H2,1-6H3;8-12,17,32H,6-7,13H2,1-5H3;2*1H4/t20-;17-;;/m10../s1. The Hall–Kier alpha value is -7.77. The molecular formula is C54H66F2N10O11S2. The van der Waals surface area contributed by atoms with E-state index in [1.54, 1.807) is 13.8 Å². The van der Waals surface area contributed by atoms with Gasteiger partial charge in [0.2, 0.25) is 0 Å². The second-order valence-corrected chi connectivity index (χ2v) is 20.9. The van der Waals surface area contributed by atoms with E-state index in [9.17, 15) is 47.4 Å². The summed E-state index contributed by atoms with van der Waals surface area (Å²) in [6, 6.07) is 7.48. The van der Waals surface area contributed by atoms with Crippen LogP contribution in [0.4, 0.5) is 8.78 Å². The van der Waals surface area contributed by atoms with E-state index in [2.05, 4.69) is 20.4 Å². The topological polar surface area (TPSA) is 249 Å². The third-order valence-electron chi connectivity index (χ3n) is 13.1. The smallest absolute Gasteiger partial charge is 0.333 e. The number of aliphatic hydroxyl groups is 1. The molecule has 0 unspecified atom stereocenters. The molecular weight excluding hydrogens is 1070 g/mol. The lowest BCUT2D eigenvalue weighted by Gasteiger charge is -2.27. The molecule has 2 atom stereocenters.